The Morgan fingerprint density at radius 1 is 1.00 bits per heavy atom. The summed E-state index contributed by atoms with van der Waals surface area (Å²) in [5, 5.41) is 0. The molecule has 0 aliphatic heterocycles. The molecule has 0 aliphatic carbocycles. The molecule has 0 nitrogen and oxygen atoms in total. The zero-order chi connectivity index (χ0) is 9.23. The minimum Gasteiger partial charge on any atom is -0.0917 e. The van der Waals surface area contributed by atoms with Crippen LogP contribution in [0.4, 0.5) is 0 Å². The monoisotopic (exact) mass is 164 g/mol. The van der Waals surface area contributed by atoms with Crippen molar-refractivity contribution in [2.45, 2.75) is 40.0 Å². The molecule has 68 valence electrons. The Hall–Kier alpha value is -0.780. The van der Waals surface area contributed by atoms with Crippen molar-refractivity contribution in [1.82, 2.24) is 0 Å². The standard InChI is InChI=1S/C12H20/c1-4-5-6-7-8-9-10-11-12(2)3/h4-5,8-9,11H,6-7,10H2,1-3H3. The molecule has 0 aromatic heterocycles. The SMILES string of the molecule is CC=CCCC=CCC=C(C)C. The van der Waals surface area contributed by atoms with Gasteiger partial charge in [0.05, 0.1) is 0 Å². The summed E-state index contributed by atoms with van der Waals surface area (Å²) in [5.41, 5.74) is 1.40. The third-order valence-electron chi connectivity index (χ3n) is 1.56. The second kappa shape index (κ2) is 8.32. The largest absolute Gasteiger partial charge is 0.0917 e. The maximum absolute atomic E-state index is 2.25. The van der Waals surface area contributed by atoms with Crippen molar-refractivity contribution in [2.24, 2.45) is 0 Å². The van der Waals surface area contributed by atoms with E-state index in [1.54, 1.807) is 0 Å². The summed E-state index contributed by atoms with van der Waals surface area (Å²) in [6.45, 7) is 6.33. The summed E-state index contributed by atoms with van der Waals surface area (Å²) < 4.78 is 0. The molecule has 0 atom stereocenters. The van der Waals surface area contributed by atoms with Gasteiger partial charge in [0, 0.05) is 0 Å². The molecule has 0 saturated heterocycles. The Labute approximate surface area is 76.7 Å². The lowest BCUT2D eigenvalue weighted by Gasteiger charge is -1.87. The number of allylic oxidation sites excluding steroid dienone is 6. The van der Waals surface area contributed by atoms with E-state index in [1.807, 2.05) is 0 Å². The molecule has 0 heterocycles. The minimum absolute atomic E-state index is 1.08. The molecular weight excluding hydrogens is 144 g/mol. The lowest BCUT2D eigenvalue weighted by atomic mass is 10.2. The average Bonchev–Trinajstić information content (AvgIpc) is 2.02. The van der Waals surface area contributed by atoms with Crippen molar-refractivity contribution < 1.29 is 0 Å². The van der Waals surface area contributed by atoms with Gasteiger partial charge in [-0.2, -0.15) is 0 Å². The molecule has 0 spiro atoms. The first kappa shape index (κ1) is 11.2. The van der Waals surface area contributed by atoms with E-state index < -0.39 is 0 Å². The minimum atomic E-state index is 1.08. The van der Waals surface area contributed by atoms with Crippen LogP contribution in [0.5, 0.6) is 0 Å². The summed E-state index contributed by atoms with van der Waals surface area (Å²) in [7, 11) is 0. The second-order valence-corrected chi connectivity index (χ2v) is 3.13. The number of unbranched alkanes of at least 4 members (excludes halogenated alkanes) is 1. The summed E-state index contributed by atoms with van der Waals surface area (Å²) >= 11 is 0. The Balaban J connectivity index is 3.32. The molecule has 0 aromatic rings. The fraction of sp³-hybridized carbons (Fsp3) is 0.500. The predicted molar refractivity (Wildman–Crippen MR) is 57.2 cm³/mol. The summed E-state index contributed by atoms with van der Waals surface area (Å²) in [6, 6.07) is 0. The van der Waals surface area contributed by atoms with Gasteiger partial charge < -0.3 is 0 Å². The lowest BCUT2D eigenvalue weighted by molar-refractivity contribution is 1.04. The van der Waals surface area contributed by atoms with Gasteiger partial charge in [-0.1, -0.05) is 36.0 Å². The van der Waals surface area contributed by atoms with E-state index in [0.29, 0.717) is 0 Å². The molecule has 0 N–H and O–H groups in total. The van der Waals surface area contributed by atoms with E-state index in [1.165, 1.54) is 18.4 Å². The Bertz CT molecular complexity index is 166. The number of rotatable bonds is 5. The Kier molecular flexibility index (Phi) is 7.78. The summed E-state index contributed by atoms with van der Waals surface area (Å²) in [6.07, 6.45) is 14.4. The van der Waals surface area contributed by atoms with E-state index in [2.05, 4.69) is 51.2 Å². The van der Waals surface area contributed by atoms with Crippen molar-refractivity contribution in [3.05, 3.63) is 36.0 Å². The number of hydrogen-bond donors (Lipinski definition) is 0. The fourth-order valence-corrected chi connectivity index (χ4v) is 0.877. The summed E-state index contributed by atoms with van der Waals surface area (Å²) in [5.74, 6) is 0. The zero-order valence-corrected chi connectivity index (χ0v) is 8.51. The van der Waals surface area contributed by atoms with Crippen LogP contribution < -0.4 is 0 Å². The highest BCUT2D eigenvalue weighted by atomic mass is 13.8. The Morgan fingerprint density at radius 3 is 2.25 bits per heavy atom. The predicted octanol–water partition coefficient (Wildman–Crippen LogP) is 4.26. The quantitative estimate of drug-likeness (QED) is 0.421. The van der Waals surface area contributed by atoms with Crippen molar-refractivity contribution in [2.75, 3.05) is 0 Å². The van der Waals surface area contributed by atoms with Crippen LogP contribution in [0.25, 0.3) is 0 Å². The average molecular weight is 164 g/mol. The number of hydrogen-bond acceptors (Lipinski definition) is 0. The van der Waals surface area contributed by atoms with Crippen LogP contribution in [0.3, 0.4) is 0 Å². The topological polar surface area (TPSA) is 0 Å². The Morgan fingerprint density at radius 2 is 1.67 bits per heavy atom. The van der Waals surface area contributed by atoms with Crippen molar-refractivity contribution in [3.8, 4) is 0 Å². The van der Waals surface area contributed by atoms with Gasteiger partial charge in [0.25, 0.3) is 0 Å². The highest BCUT2D eigenvalue weighted by Crippen LogP contribution is 1.97. The van der Waals surface area contributed by atoms with Gasteiger partial charge in [-0.25, -0.2) is 0 Å². The van der Waals surface area contributed by atoms with E-state index in [9.17, 15) is 0 Å². The molecular formula is C12H20. The molecule has 0 radical (unpaired) electrons. The first-order valence-electron chi connectivity index (χ1n) is 4.67. The highest BCUT2D eigenvalue weighted by Gasteiger charge is 1.76. The van der Waals surface area contributed by atoms with E-state index in [0.717, 1.165) is 6.42 Å². The van der Waals surface area contributed by atoms with Gasteiger partial charge in [0.2, 0.25) is 0 Å². The van der Waals surface area contributed by atoms with Crippen LogP contribution >= 0.6 is 0 Å². The molecule has 0 aromatic carbocycles. The first-order chi connectivity index (χ1) is 5.77. The molecule has 0 rings (SSSR count). The molecule has 0 aliphatic rings. The molecule has 0 saturated carbocycles. The van der Waals surface area contributed by atoms with E-state index in [4.69, 9.17) is 0 Å². The van der Waals surface area contributed by atoms with Crippen molar-refractivity contribution in [3.63, 3.8) is 0 Å². The molecule has 0 amide bonds. The van der Waals surface area contributed by atoms with Gasteiger partial charge >= 0.3 is 0 Å². The third kappa shape index (κ3) is 9.22. The summed E-state index contributed by atoms with van der Waals surface area (Å²) in [4.78, 5) is 0. The van der Waals surface area contributed by atoms with Crippen LogP contribution in [0.2, 0.25) is 0 Å². The molecule has 12 heavy (non-hydrogen) atoms. The van der Waals surface area contributed by atoms with E-state index >= 15 is 0 Å². The lowest BCUT2D eigenvalue weighted by Crippen LogP contribution is -1.66. The van der Waals surface area contributed by atoms with Crippen LogP contribution in [-0.2, 0) is 0 Å². The fourth-order valence-electron chi connectivity index (χ4n) is 0.877. The van der Waals surface area contributed by atoms with E-state index in [-0.39, 0.29) is 0 Å². The van der Waals surface area contributed by atoms with Gasteiger partial charge in [-0.3, -0.25) is 0 Å². The van der Waals surface area contributed by atoms with Gasteiger partial charge in [-0.15, -0.1) is 0 Å². The third-order valence-corrected chi connectivity index (χ3v) is 1.56. The van der Waals surface area contributed by atoms with Crippen LogP contribution in [0.1, 0.15) is 40.0 Å². The second-order valence-electron chi connectivity index (χ2n) is 3.13. The maximum Gasteiger partial charge on any atom is -0.0167 e. The normalized spacial score (nSPS) is 11.2. The highest BCUT2D eigenvalue weighted by molar-refractivity contribution is 4.99. The first-order valence-corrected chi connectivity index (χ1v) is 4.67. The van der Waals surface area contributed by atoms with Gasteiger partial charge in [-0.05, 0) is 40.0 Å². The molecule has 0 unspecified atom stereocenters. The van der Waals surface area contributed by atoms with Crippen molar-refractivity contribution in [1.29, 1.82) is 0 Å². The van der Waals surface area contributed by atoms with Crippen molar-refractivity contribution >= 4 is 0 Å². The van der Waals surface area contributed by atoms with Crippen LogP contribution in [0, 0.1) is 0 Å². The van der Waals surface area contributed by atoms with Gasteiger partial charge in [0.1, 0.15) is 0 Å². The maximum atomic E-state index is 2.25. The molecule has 0 heteroatoms. The van der Waals surface area contributed by atoms with Crippen LogP contribution in [-0.4, -0.2) is 0 Å². The van der Waals surface area contributed by atoms with Crippen LogP contribution in [0.15, 0.2) is 36.0 Å². The zero-order valence-electron chi connectivity index (χ0n) is 8.51. The van der Waals surface area contributed by atoms with Gasteiger partial charge in [0.15, 0.2) is 0 Å². The molecule has 0 bridgehead atoms. The molecule has 0 fully saturated rings. The smallest absolute Gasteiger partial charge is 0.0167 e.